The predicted molar refractivity (Wildman–Crippen MR) is 44.4 cm³/mol. The van der Waals surface area contributed by atoms with Gasteiger partial charge in [0, 0.05) is 6.20 Å². The van der Waals surface area contributed by atoms with Gasteiger partial charge in [-0.05, 0) is 12.1 Å². The van der Waals surface area contributed by atoms with Crippen LogP contribution in [0.3, 0.4) is 0 Å². The van der Waals surface area contributed by atoms with Crippen molar-refractivity contribution in [1.29, 1.82) is 0 Å². The smallest absolute Gasteiger partial charge is 0.245 e. The molecule has 12 heavy (non-hydrogen) atoms. The molecule has 0 atom stereocenters. The molecule has 0 aliphatic carbocycles. The maximum absolute atomic E-state index is 11.0. The number of nitrogens with two attached hydrogens (primary N) is 1. The molecule has 1 aromatic rings. The van der Waals surface area contributed by atoms with Gasteiger partial charge in [-0.15, -0.1) is 0 Å². The van der Waals surface area contributed by atoms with E-state index in [0.29, 0.717) is 11.5 Å². The van der Waals surface area contributed by atoms with Crippen LogP contribution in [0.1, 0.15) is 0 Å². The first-order valence-corrected chi connectivity index (χ1v) is 3.54. The maximum Gasteiger partial charge on any atom is 0.245 e. The molecule has 0 radical (unpaired) electrons. The van der Waals surface area contributed by atoms with Gasteiger partial charge in [0.15, 0.2) is 5.82 Å². The summed E-state index contributed by atoms with van der Waals surface area (Å²) in [6.45, 7) is 0.157. The highest BCUT2D eigenvalue weighted by Crippen LogP contribution is 2.23. The number of rotatable bonds is 0. The number of carbonyl (C=O) groups excluding carboxylic acids is 1. The number of nitrogens with zero attached hydrogens (tertiary/aromatic N) is 2. The Hall–Kier alpha value is -1.62. The summed E-state index contributed by atoms with van der Waals surface area (Å²) in [5.41, 5.74) is 0.663. The second kappa shape index (κ2) is 2.46. The van der Waals surface area contributed by atoms with E-state index < -0.39 is 0 Å². The van der Waals surface area contributed by atoms with Gasteiger partial charge in [-0.25, -0.2) is 10.8 Å². The molecule has 0 aromatic carbocycles. The summed E-state index contributed by atoms with van der Waals surface area (Å²) < 4.78 is 0. The molecule has 5 heteroatoms. The zero-order valence-corrected chi connectivity index (χ0v) is 6.32. The van der Waals surface area contributed by atoms with Crippen LogP contribution < -0.4 is 16.2 Å². The lowest BCUT2D eigenvalue weighted by molar-refractivity contribution is -0.115. The Morgan fingerprint density at radius 1 is 1.67 bits per heavy atom. The topological polar surface area (TPSA) is 71.2 Å². The van der Waals surface area contributed by atoms with Gasteiger partial charge in [-0.3, -0.25) is 9.80 Å². The van der Waals surface area contributed by atoms with Crippen LogP contribution >= 0.6 is 0 Å². The van der Waals surface area contributed by atoms with E-state index >= 15 is 0 Å². The molecule has 3 N–H and O–H groups in total. The molecule has 0 spiro atoms. The van der Waals surface area contributed by atoms with Gasteiger partial charge in [0.25, 0.3) is 0 Å². The van der Waals surface area contributed by atoms with Crippen molar-refractivity contribution in [2.75, 3.05) is 16.9 Å². The third-order valence-corrected chi connectivity index (χ3v) is 1.65. The summed E-state index contributed by atoms with van der Waals surface area (Å²) in [5, 5.41) is 3.99. The number of nitrogens with one attached hydrogen (secondary N) is 1. The van der Waals surface area contributed by atoms with Gasteiger partial charge in [-0.2, -0.15) is 0 Å². The standard InChI is InChI=1S/C7H8N4O/c8-11-4-6(12)10-5-2-1-3-9-7(5)11/h1-3H,4,8H2,(H,10,12). The molecule has 1 aromatic heterocycles. The number of aromatic nitrogens is 1. The average Bonchev–Trinajstić information content (AvgIpc) is 2.04. The van der Waals surface area contributed by atoms with Gasteiger partial charge in [0.2, 0.25) is 5.91 Å². The van der Waals surface area contributed by atoms with Gasteiger partial charge >= 0.3 is 0 Å². The van der Waals surface area contributed by atoms with E-state index in [9.17, 15) is 4.79 Å². The van der Waals surface area contributed by atoms with Crippen LogP contribution in [0.5, 0.6) is 0 Å². The fourth-order valence-electron chi connectivity index (χ4n) is 1.14. The zero-order valence-electron chi connectivity index (χ0n) is 6.32. The van der Waals surface area contributed by atoms with Crippen LogP contribution in [-0.2, 0) is 4.79 Å². The van der Waals surface area contributed by atoms with E-state index in [4.69, 9.17) is 5.84 Å². The molecule has 0 unspecified atom stereocenters. The average molecular weight is 164 g/mol. The van der Waals surface area contributed by atoms with Gasteiger partial charge in [0.1, 0.15) is 6.54 Å². The highest BCUT2D eigenvalue weighted by molar-refractivity contribution is 5.99. The van der Waals surface area contributed by atoms with Gasteiger partial charge < -0.3 is 5.32 Å². The molecule has 0 saturated heterocycles. The quantitative estimate of drug-likeness (QED) is 0.517. The molecule has 0 saturated carbocycles. The first-order chi connectivity index (χ1) is 5.77. The van der Waals surface area contributed by atoms with E-state index in [0.717, 1.165) is 0 Å². The molecule has 1 aliphatic heterocycles. The van der Waals surface area contributed by atoms with E-state index in [1.807, 2.05) is 0 Å². The minimum Gasteiger partial charge on any atom is -0.321 e. The van der Waals surface area contributed by atoms with Gasteiger partial charge in [0.05, 0.1) is 5.69 Å². The second-order valence-corrected chi connectivity index (χ2v) is 2.55. The summed E-state index contributed by atoms with van der Waals surface area (Å²) in [6, 6.07) is 3.51. The molecular formula is C7H8N4O. The van der Waals surface area contributed by atoms with E-state index in [1.54, 1.807) is 18.3 Å². The first-order valence-electron chi connectivity index (χ1n) is 3.54. The van der Waals surface area contributed by atoms with E-state index in [2.05, 4.69) is 10.3 Å². The Labute approximate surface area is 69.2 Å². The normalized spacial score (nSPS) is 15.4. The lowest BCUT2D eigenvalue weighted by atomic mass is 10.3. The predicted octanol–water partition coefficient (Wildman–Crippen LogP) is -0.286. The monoisotopic (exact) mass is 164 g/mol. The third-order valence-electron chi connectivity index (χ3n) is 1.65. The number of amides is 1. The third kappa shape index (κ3) is 0.998. The number of fused-ring (bicyclic) bond motifs is 1. The summed E-state index contributed by atoms with van der Waals surface area (Å²) in [5.74, 6) is 6.04. The van der Waals surface area contributed by atoms with Crippen LogP contribution in [0.2, 0.25) is 0 Å². The van der Waals surface area contributed by atoms with Crippen LogP contribution in [0, 0.1) is 0 Å². The van der Waals surface area contributed by atoms with Gasteiger partial charge in [-0.1, -0.05) is 0 Å². The van der Waals surface area contributed by atoms with Crippen molar-refractivity contribution in [1.82, 2.24) is 4.98 Å². The van der Waals surface area contributed by atoms with Crippen molar-refractivity contribution >= 4 is 17.4 Å². The summed E-state index contributed by atoms with van der Waals surface area (Å²) in [7, 11) is 0. The van der Waals surface area contributed by atoms with Crippen molar-refractivity contribution in [2.24, 2.45) is 5.84 Å². The summed E-state index contributed by atoms with van der Waals surface area (Å²) >= 11 is 0. The minimum absolute atomic E-state index is 0.113. The Kier molecular flexibility index (Phi) is 1.44. The lowest BCUT2D eigenvalue weighted by Crippen LogP contribution is -2.43. The molecule has 62 valence electrons. The summed E-state index contributed by atoms with van der Waals surface area (Å²) in [6.07, 6.45) is 1.64. The maximum atomic E-state index is 11.0. The molecule has 1 amide bonds. The SMILES string of the molecule is NN1CC(=O)Nc2cccnc21. The molecule has 1 aliphatic rings. The number of carbonyl (C=O) groups is 1. The molecular weight excluding hydrogens is 156 g/mol. The van der Waals surface area contributed by atoms with Crippen molar-refractivity contribution in [3.05, 3.63) is 18.3 Å². The Morgan fingerprint density at radius 3 is 3.33 bits per heavy atom. The lowest BCUT2D eigenvalue weighted by Gasteiger charge is -2.24. The minimum atomic E-state index is -0.113. The molecule has 5 nitrogen and oxygen atoms in total. The molecule has 2 heterocycles. The Morgan fingerprint density at radius 2 is 2.50 bits per heavy atom. The van der Waals surface area contributed by atoms with Crippen molar-refractivity contribution < 1.29 is 4.79 Å². The first kappa shape index (κ1) is 7.05. The molecule has 2 rings (SSSR count). The fraction of sp³-hybridized carbons (Fsp3) is 0.143. The van der Waals surface area contributed by atoms with Crippen molar-refractivity contribution in [2.45, 2.75) is 0 Å². The largest absolute Gasteiger partial charge is 0.321 e. The van der Waals surface area contributed by atoms with Crippen LogP contribution in [-0.4, -0.2) is 17.4 Å². The van der Waals surface area contributed by atoms with Crippen molar-refractivity contribution in [3.8, 4) is 0 Å². The summed E-state index contributed by atoms with van der Waals surface area (Å²) in [4.78, 5) is 15.0. The van der Waals surface area contributed by atoms with E-state index in [-0.39, 0.29) is 12.5 Å². The van der Waals surface area contributed by atoms with Crippen molar-refractivity contribution in [3.63, 3.8) is 0 Å². The second-order valence-electron chi connectivity index (χ2n) is 2.55. The molecule has 0 fully saturated rings. The highest BCUT2D eigenvalue weighted by Gasteiger charge is 2.19. The van der Waals surface area contributed by atoms with Crippen LogP contribution in [0.25, 0.3) is 0 Å². The number of hydrogen-bond donors (Lipinski definition) is 2. The Bertz CT molecular complexity index is 325. The highest BCUT2D eigenvalue weighted by atomic mass is 16.2. The van der Waals surface area contributed by atoms with Crippen LogP contribution in [0.15, 0.2) is 18.3 Å². The number of anilines is 2. The Balaban J connectivity index is 2.47. The number of hydrazine groups is 1. The number of pyridine rings is 1. The van der Waals surface area contributed by atoms with E-state index in [1.165, 1.54) is 5.01 Å². The fourth-order valence-corrected chi connectivity index (χ4v) is 1.14. The zero-order chi connectivity index (χ0) is 8.55. The number of hydrogen-bond acceptors (Lipinski definition) is 4. The molecule has 0 bridgehead atoms. The van der Waals surface area contributed by atoms with Crippen LogP contribution in [0.4, 0.5) is 11.5 Å².